The highest BCUT2D eigenvalue weighted by molar-refractivity contribution is 5.96. The van der Waals surface area contributed by atoms with Crippen LogP contribution in [0.25, 0.3) is 0 Å². The molecule has 0 atom stereocenters. The van der Waals surface area contributed by atoms with Crippen LogP contribution in [-0.4, -0.2) is 23.4 Å². The van der Waals surface area contributed by atoms with E-state index in [1.807, 2.05) is 19.1 Å². The van der Waals surface area contributed by atoms with E-state index in [2.05, 4.69) is 5.32 Å². The number of ether oxygens (including phenoxy) is 1. The zero-order valence-electron chi connectivity index (χ0n) is 13.0. The van der Waals surface area contributed by atoms with Crippen molar-refractivity contribution in [2.24, 2.45) is 0 Å². The van der Waals surface area contributed by atoms with Gasteiger partial charge in [-0.3, -0.25) is 14.9 Å². The molecule has 2 rings (SSSR count). The molecule has 0 radical (unpaired) electrons. The van der Waals surface area contributed by atoms with Gasteiger partial charge in [0.1, 0.15) is 5.69 Å². The van der Waals surface area contributed by atoms with Gasteiger partial charge in [0, 0.05) is 6.07 Å². The molecule has 0 aromatic heterocycles. The number of nitrogens with zero attached hydrogens (tertiary/aromatic N) is 1. The molecule has 0 aliphatic heterocycles. The van der Waals surface area contributed by atoms with Crippen LogP contribution in [0.3, 0.4) is 0 Å². The molecule has 24 heavy (non-hydrogen) atoms. The van der Waals surface area contributed by atoms with Crippen molar-refractivity contribution in [2.45, 2.75) is 13.3 Å². The average molecular weight is 328 g/mol. The minimum Gasteiger partial charge on any atom is -0.452 e. The monoisotopic (exact) mass is 328 g/mol. The zero-order chi connectivity index (χ0) is 17.5. The molecule has 2 aromatic carbocycles. The minimum absolute atomic E-state index is 0.0517. The molecule has 0 aliphatic rings. The first-order chi connectivity index (χ1) is 11.5. The molecular formula is C17H16N2O5. The van der Waals surface area contributed by atoms with Crippen molar-refractivity contribution < 1.29 is 19.2 Å². The van der Waals surface area contributed by atoms with Gasteiger partial charge in [-0.05, 0) is 30.2 Å². The number of rotatable bonds is 6. The van der Waals surface area contributed by atoms with E-state index in [0.717, 1.165) is 12.0 Å². The Morgan fingerprint density at radius 2 is 1.79 bits per heavy atom. The minimum atomic E-state index is -0.650. The van der Waals surface area contributed by atoms with Crippen molar-refractivity contribution in [3.63, 3.8) is 0 Å². The SMILES string of the molecule is CCc1ccc(C(=O)OCC(=O)Nc2ccccc2[N+](=O)[O-])cc1. The third kappa shape index (κ3) is 4.39. The number of aryl methyl sites for hydroxylation is 1. The summed E-state index contributed by atoms with van der Waals surface area (Å²) in [7, 11) is 0. The summed E-state index contributed by atoms with van der Waals surface area (Å²) in [6.45, 7) is 1.47. The van der Waals surface area contributed by atoms with Crippen LogP contribution in [0.2, 0.25) is 0 Å². The van der Waals surface area contributed by atoms with Crippen molar-refractivity contribution in [3.05, 3.63) is 69.8 Å². The van der Waals surface area contributed by atoms with Crippen molar-refractivity contribution in [1.29, 1.82) is 0 Å². The fourth-order valence-corrected chi connectivity index (χ4v) is 2.02. The van der Waals surface area contributed by atoms with Crippen LogP contribution < -0.4 is 5.32 Å². The highest BCUT2D eigenvalue weighted by Gasteiger charge is 2.16. The van der Waals surface area contributed by atoms with Gasteiger partial charge in [-0.15, -0.1) is 0 Å². The van der Waals surface area contributed by atoms with Gasteiger partial charge in [0.15, 0.2) is 6.61 Å². The van der Waals surface area contributed by atoms with Gasteiger partial charge in [-0.25, -0.2) is 4.79 Å². The standard InChI is InChI=1S/C17H16N2O5/c1-2-12-7-9-13(10-8-12)17(21)24-11-16(20)18-14-5-3-4-6-15(14)19(22)23/h3-10H,2,11H2,1H3,(H,18,20). The zero-order valence-corrected chi connectivity index (χ0v) is 13.0. The maximum atomic E-state index is 11.9. The van der Waals surface area contributed by atoms with Crippen LogP contribution in [0.4, 0.5) is 11.4 Å². The van der Waals surface area contributed by atoms with E-state index in [0.29, 0.717) is 5.56 Å². The maximum absolute atomic E-state index is 11.9. The lowest BCUT2D eigenvalue weighted by molar-refractivity contribution is -0.383. The number of hydrogen-bond donors (Lipinski definition) is 1. The fourth-order valence-electron chi connectivity index (χ4n) is 2.02. The summed E-state index contributed by atoms with van der Waals surface area (Å²) in [6, 6.07) is 12.6. The highest BCUT2D eigenvalue weighted by Crippen LogP contribution is 2.22. The number of nitro benzene ring substituents is 1. The number of benzene rings is 2. The van der Waals surface area contributed by atoms with Crippen LogP contribution in [0.5, 0.6) is 0 Å². The molecule has 0 aliphatic carbocycles. The molecule has 0 heterocycles. The van der Waals surface area contributed by atoms with Gasteiger partial charge in [-0.1, -0.05) is 31.2 Å². The molecular weight excluding hydrogens is 312 g/mol. The third-order valence-corrected chi connectivity index (χ3v) is 3.31. The van der Waals surface area contributed by atoms with Gasteiger partial charge in [-0.2, -0.15) is 0 Å². The van der Waals surface area contributed by atoms with Crippen LogP contribution in [0.15, 0.2) is 48.5 Å². The first-order valence-electron chi connectivity index (χ1n) is 7.30. The molecule has 7 nitrogen and oxygen atoms in total. The molecule has 0 fully saturated rings. The van der Waals surface area contributed by atoms with E-state index in [9.17, 15) is 19.7 Å². The van der Waals surface area contributed by atoms with E-state index >= 15 is 0 Å². The molecule has 0 spiro atoms. The van der Waals surface area contributed by atoms with E-state index in [-0.39, 0.29) is 11.4 Å². The fraction of sp³-hybridized carbons (Fsp3) is 0.176. The Bertz CT molecular complexity index is 756. The van der Waals surface area contributed by atoms with Gasteiger partial charge in [0.2, 0.25) is 0 Å². The maximum Gasteiger partial charge on any atom is 0.338 e. The Hall–Kier alpha value is -3.22. The van der Waals surface area contributed by atoms with Gasteiger partial charge < -0.3 is 10.1 Å². The van der Waals surface area contributed by atoms with Crippen LogP contribution >= 0.6 is 0 Å². The van der Waals surface area contributed by atoms with Crippen molar-refractivity contribution >= 4 is 23.3 Å². The average Bonchev–Trinajstić information content (AvgIpc) is 2.60. The van der Waals surface area contributed by atoms with E-state index in [1.54, 1.807) is 18.2 Å². The number of nitrogens with one attached hydrogen (secondary N) is 1. The Morgan fingerprint density at radius 3 is 2.42 bits per heavy atom. The molecule has 0 bridgehead atoms. The lowest BCUT2D eigenvalue weighted by Gasteiger charge is -2.07. The Labute approximate surface area is 138 Å². The Kier molecular flexibility index (Phi) is 5.62. The lowest BCUT2D eigenvalue weighted by atomic mass is 10.1. The largest absolute Gasteiger partial charge is 0.452 e. The molecule has 7 heteroatoms. The second kappa shape index (κ2) is 7.87. The molecule has 1 N–H and O–H groups in total. The van der Waals surface area contributed by atoms with Crippen molar-refractivity contribution in [1.82, 2.24) is 0 Å². The number of amides is 1. The molecule has 0 saturated heterocycles. The summed E-state index contributed by atoms with van der Waals surface area (Å²) in [5.74, 6) is -1.28. The molecule has 124 valence electrons. The highest BCUT2D eigenvalue weighted by atomic mass is 16.6. The summed E-state index contributed by atoms with van der Waals surface area (Å²) < 4.78 is 4.92. The van der Waals surface area contributed by atoms with Gasteiger partial charge in [0.25, 0.3) is 11.6 Å². The first kappa shape index (κ1) is 17.1. The summed E-state index contributed by atoms with van der Waals surface area (Å²) in [5, 5.41) is 13.2. The topological polar surface area (TPSA) is 98.5 Å². The van der Waals surface area contributed by atoms with Gasteiger partial charge >= 0.3 is 5.97 Å². The second-order valence-electron chi connectivity index (χ2n) is 4.95. The summed E-state index contributed by atoms with van der Waals surface area (Å²) in [6.07, 6.45) is 0.855. The Balaban J connectivity index is 1.93. The number of esters is 1. The molecule has 1 amide bonds. The predicted molar refractivity (Wildman–Crippen MR) is 87.8 cm³/mol. The summed E-state index contributed by atoms with van der Waals surface area (Å²) in [5.41, 5.74) is 1.24. The lowest BCUT2D eigenvalue weighted by Crippen LogP contribution is -2.21. The first-order valence-corrected chi connectivity index (χ1v) is 7.30. The van der Waals surface area contributed by atoms with E-state index < -0.39 is 23.4 Å². The predicted octanol–water partition coefficient (Wildman–Crippen LogP) is 2.95. The van der Waals surface area contributed by atoms with E-state index in [1.165, 1.54) is 18.2 Å². The quantitative estimate of drug-likeness (QED) is 0.499. The number of carbonyl (C=O) groups excluding carboxylic acids is 2. The normalized spacial score (nSPS) is 10.0. The smallest absolute Gasteiger partial charge is 0.338 e. The van der Waals surface area contributed by atoms with Crippen molar-refractivity contribution in [3.8, 4) is 0 Å². The summed E-state index contributed by atoms with van der Waals surface area (Å²) >= 11 is 0. The molecule has 0 unspecified atom stereocenters. The Morgan fingerprint density at radius 1 is 1.12 bits per heavy atom. The molecule has 0 saturated carbocycles. The summed E-state index contributed by atoms with van der Waals surface area (Å²) in [4.78, 5) is 34.0. The number of nitro groups is 1. The van der Waals surface area contributed by atoms with E-state index in [4.69, 9.17) is 4.74 Å². The third-order valence-electron chi connectivity index (χ3n) is 3.31. The van der Waals surface area contributed by atoms with Crippen LogP contribution in [-0.2, 0) is 16.0 Å². The number of hydrogen-bond acceptors (Lipinski definition) is 5. The molecule has 2 aromatic rings. The second-order valence-corrected chi connectivity index (χ2v) is 4.95. The number of anilines is 1. The number of para-hydroxylation sites is 2. The van der Waals surface area contributed by atoms with Crippen molar-refractivity contribution in [2.75, 3.05) is 11.9 Å². The van der Waals surface area contributed by atoms with Gasteiger partial charge in [0.05, 0.1) is 10.5 Å². The van der Waals surface area contributed by atoms with Crippen LogP contribution in [0, 0.1) is 10.1 Å². The van der Waals surface area contributed by atoms with Crippen LogP contribution in [0.1, 0.15) is 22.8 Å². The number of carbonyl (C=O) groups is 2.